The Kier molecular flexibility index (Phi) is 7.68. The number of piperidine rings is 1. The van der Waals surface area contributed by atoms with Gasteiger partial charge in [-0.1, -0.05) is 24.4 Å². The molecule has 1 aromatic carbocycles. The lowest BCUT2D eigenvalue weighted by Gasteiger charge is -2.35. The smallest absolute Gasteiger partial charge is 0.381 e. The van der Waals surface area contributed by atoms with Crippen LogP contribution in [-0.2, 0) is 11.0 Å². The second-order valence-electron chi connectivity index (χ2n) is 9.39. The van der Waals surface area contributed by atoms with Crippen molar-refractivity contribution in [1.29, 1.82) is 0 Å². The number of alkyl halides is 3. The van der Waals surface area contributed by atoms with Crippen LogP contribution >= 0.6 is 11.6 Å². The molecule has 3 unspecified atom stereocenters. The average molecular weight is 514 g/mol. The Morgan fingerprint density at radius 2 is 1.89 bits per heavy atom. The topological polar surface area (TPSA) is 84.1 Å². The second-order valence-corrected chi connectivity index (χ2v) is 9.83. The monoisotopic (exact) mass is 513 g/mol. The maximum Gasteiger partial charge on any atom is 0.416 e. The zero-order valence-corrected chi connectivity index (χ0v) is 19.9. The third-order valence-electron chi connectivity index (χ3n) is 6.84. The lowest BCUT2D eigenvalue weighted by Crippen LogP contribution is -2.39. The van der Waals surface area contributed by atoms with E-state index in [9.17, 15) is 22.4 Å². The maximum atomic E-state index is 14.4. The van der Waals surface area contributed by atoms with E-state index in [0.717, 1.165) is 44.2 Å². The van der Waals surface area contributed by atoms with Gasteiger partial charge < -0.3 is 16.0 Å². The highest BCUT2D eigenvalue weighted by Gasteiger charge is 2.35. The van der Waals surface area contributed by atoms with E-state index in [4.69, 9.17) is 17.3 Å². The predicted octanol–water partition coefficient (Wildman–Crippen LogP) is 5.72. The van der Waals surface area contributed by atoms with Gasteiger partial charge in [-0.15, -0.1) is 0 Å². The first-order valence-corrected chi connectivity index (χ1v) is 12.2. The highest BCUT2D eigenvalue weighted by Crippen LogP contribution is 2.36. The van der Waals surface area contributed by atoms with E-state index < -0.39 is 23.6 Å². The SMILES string of the molecule is Nc1ncnc(N2CCCC(CC3CCCCC(Nc4cc(Cl)cc(C(F)(F)F)c4)C3=O)C2)c1F. The predicted molar refractivity (Wildman–Crippen MR) is 127 cm³/mol. The first-order valence-electron chi connectivity index (χ1n) is 11.8. The molecule has 0 bridgehead atoms. The summed E-state index contributed by atoms with van der Waals surface area (Å²) in [4.78, 5) is 23.0. The summed E-state index contributed by atoms with van der Waals surface area (Å²) in [6, 6.07) is 2.68. The summed E-state index contributed by atoms with van der Waals surface area (Å²) in [5.41, 5.74) is 4.92. The number of nitrogens with two attached hydrogens (primary N) is 1. The van der Waals surface area contributed by atoms with Crippen molar-refractivity contribution in [1.82, 2.24) is 9.97 Å². The Balaban J connectivity index is 1.45. The fraction of sp³-hybridized carbons (Fsp3) is 0.542. The molecule has 0 spiro atoms. The van der Waals surface area contributed by atoms with Crippen molar-refractivity contribution < 1.29 is 22.4 Å². The molecule has 35 heavy (non-hydrogen) atoms. The zero-order chi connectivity index (χ0) is 25.2. The quantitative estimate of drug-likeness (QED) is 0.393. The number of carbonyl (C=O) groups is 1. The number of rotatable bonds is 5. The third-order valence-corrected chi connectivity index (χ3v) is 7.06. The van der Waals surface area contributed by atoms with Gasteiger partial charge in [-0.2, -0.15) is 17.6 Å². The summed E-state index contributed by atoms with van der Waals surface area (Å²) >= 11 is 5.91. The molecule has 1 saturated carbocycles. The van der Waals surface area contributed by atoms with Crippen molar-refractivity contribution in [3.63, 3.8) is 0 Å². The number of carbonyl (C=O) groups excluding carboxylic acids is 1. The lowest BCUT2D eigenvalue weighted by atomic mass is 9.83. The van der Waals surface area contributed by atoms with E-state index in [-0.39, 0.29) is 40.0 Å². The second kappa shape index (κ2) is 10.6. The van der Waals surface area contributed by atoms with Crippen LogP contribution in [0.15, 0.2) is 24.5 Å². The van der Waals surface area contributed by atoms with Gasteiger partial charge >= 0.3 is 6.18 Å². The molecule has 1 saturated heterocycles. The fourth-order valence-corrected chi connectivity index (χ4v) is 5.40. The van der Waals surface area contributed by atoms with Gasteiger partial charge in [0.1, 0.15) is 6.33 Å². The number of hydrogen-bond acceptors (Lipinski definition) is 6. The Labute approximate surface area is 206 Å². The van der Waals surface area contributed by atoms with Crippen LogP contribution in [0.3, 0.4) is 0 Å². The molecule has 2 fully saturated rings. The summed E-state index contributed by atoms with van der Waals surface area (Å²) in [6.45, 7) is 1.20. The van der Waals surface area contributed by atoms with Gasteiger partial charge in [0.25, 0.3) is 0 Å². The zero-order valence-electron chi connectivity index (χ0n) is 19.1. The minimum Gasteiger partial charge on any atom is -0.381 e. The number of Topliss-reactive ketones (excluding diaryl/α,β-unsaturated/α-hetero) is 1. The molecule has 0 amide bonds. The molecule has 2 aliphatic rings. The van der Waals surface area contributed by atoms with E-state index in [1.165, 1.54) is 12.4 Å². The molecule has 6 nitrogen and oxygen atoms in total. The Morgan fingerprint density at radius 1 is 1.11 bits per heavy atom. The molecule has 0 radical (unpaired) electrons. The normalized spacial score (nSPS) is 23.7. The Bertz CT molecular complexity index is 1070. The highest BCUT2D eigenvalue weighted by atomic mass is 35.5. The number of nitrogen functional groups attached to an aromatic ring is 1. The molecule has 2 heterocycles. The van der Waals surface area contributed by atoms with Gasteiger partial charge in [-0.25, -0.2) is 9.97 Å². The number of hydrogen-bond donors (Lipinski definition) is 2. The molecule has 1 aromatic heterocycles. The number of nitrogens with one attached hydrogen (secondary N) is 1. The van der Waals surface area contributed by atoms with Crippen LogP contribution in [0.25, 0.3) is 0 Å². The molecule has 4 rings (SSSR count). The third kappa shape index (κ3) is 6.15. The summed E-state index contributed by atoms with van der Waals surface area (Å²) in [5.74, 6) is -0.708. The minimum absolute atomic E-state index is 0.00520. The van der Waals surface area contributed by atoms with Crippen LogP contribution < -0.4 is 16.0 Å². The van der Waals surface area contributed by atoms with Crippen molar-refractivity contribution in [2.24, 2.45) is 11.8 Å². The average Bonchev–Trinajstić information content (AvgIpc) is 2.96. The Hall–Kier alpha value is -2.62. The van der Waals surface area contributed by atoms with Gasteiger partial charge in [0.15, 0.2) is 17.4 Å². The van der Waals surface area contributed by atoms with Crippen LogP contribution in [0.5, 0.6) is 0 Å². The number of aromatic nitrogens is 2. The summed E-state index contributed by atoms with van der Waals surface area (Å²) in [5, 5.41) is 2.97. The van der Waals surface area contributed by atoms with E-state index >= 15 is 0 Å². The summed E-state index contributed by atoms with van der Waals surface area (Å²) < 4.78 is 54.0. The summed E-state index contributed by atoms with van der Waals surface area (Å²) in [6.07, 6.45) is 2.03. The lowest BCUT2D eigenvalue weighted by molar-refractivity contribution is -0.137. The number of benzene rings is 1. The van der Waals surface area contributed by atoms with Gasteiger partial charge in [-0.3, -0.25) is 4.79 Å². The number of halogens is 5. The number of nitrogens with zero attached hydrogens (tertiary/aromatic N) is 3. The molecule has 3 atom stereocenters. The van der Waals surface area contributed by atoms with Crippen molar-refractivity contribution in [2.45, 2.75) is 57.2 Å². The summed E-state index contributed by atoms with van der Waals surface area (Å²) in [7, 11) is 0. The van der Waals surface area contributed by atoms with Crippen molar-refractivity contribution in [3.05, 3.63) is 40.9 Å². The van der Waals surface area contributed by atoms with Crippen LogP contribution in [-0.4, -0.2) is 34.9 Å². The van der Waals surface area contributed by atoms with Crippen molar-refractivity contribution in [2.75, 3.05) is 29.0 Å². The Morgan fingerprint density at radius 3 is 2.66 bits per heavy atom. The number of anilines is 3. The van der Waals surface area contributed by atoms with Crippen LogP contribution in [0.2, 0.25) is 5.02 Å². The molecule has 190 valence electrons. The molecular formula is C24H28ClF4N5O. The largest absolute Gasteiger partial charge is 0.416 e. The molecule has 11 heteroatoms. The molecule has 1 aliphatic carbocycles. The van der Waals surface area contributed by atoms with E-state index in [1.54, 1.807) is 0 Å². The molecule has 1 aliphatic heterocycles. The van der Waals surface area contributed by atoms with E-state index in [2.05, 4.69) is 15.3 Å². The minimum atomic E-state index is -4.53. The van der Waals surface area contributed by atoms with E-state index in [1.807, 2.05) is 4.90 Å². The first-order chi connectivity index (χ1) is 16.6. The van der Waals surface area contributed by atoms with Crippen molar-refractivity contribution in [3.8, 4) is 0 Å². The number of ketones is 1. The fourth-order valence-electron chi connectivity index (χ4n) is 5.17. The van der Waals surface area contributed by atoms with Gasteiger partial charge in [0.2, 0.25) is 5.82 Å². The van der Waals surface area contributed by atoms with Gasteiger partial charge in [-0.05, 0) is 56.2 Å². The maximum absolute atomic E-state index is 14.4. The van der Waals surface area contributed by atoms with Crippen LogP contribution in [0, 0.1) is 17.7 Å². The van der Waals surface area contributed by atoms with E-state index in [0.29, 0.717) is 25.9 Å². The standard InChI is InChI=1S/C24H28ClF4N5O/c25-17-9-16(24(27,28)29)10-18(11-17)33-19-6-2-1-5-15(21(19)35)8-14-4-3-7-34(12-14)23-20(26)22(30)31-13-32-23/h9-11,13-15,19,33H,1-8,12H2,(H2,30,31,32). The van der Waals surface area contributed by atoms with Crippen molar-refractivity contribution >= 4 is 34.7 Å². The molecular weight excluding hydrogens is 486 g/mol. The van der Waals surface area contributed by atoms with Gasteiger partial charge in [0, 0.05) is 29.7 Å². The highest BCUT2D eigenvalue weighted by molar-refractivity contribution is 6.31. The molecule has 2 aromatic rings. The van der Waals surface area contributed by atoms with Gasteiger partial charge in [0.05, 0.1) is 11.6 Å². The van der Waals surface area contributed by atoms with Crippen LogP contribution in [0.4, 0.5) is 34.9 Å². The van der Waals surface area contributed by atoms with Crippen LogP contribution in [0.1, 0.15) is 50.5 Å². The first kappa shape index (κ1) is 25.5. The molecule has 3 N–H and O–H groups in total.